The Hall–Kier alpha value is -3.43. The van der Waals surface area contributed by atoms with Crippen molar-refractivity contribution < 1.29 is 23.4 Å². The van der Waals surface area contributed by atoms with Crippen molar-refractivity contribution in [1.82, 2.24) is 19.9 Å². The van der Waals surface area contributed by atoms with E-state index in [1.807, 2.05) is 11.0 Å². The summed E-state index contributed by atoms with van der Waals surface area (Å²) >= 11 is 0. The van der Waals surface area contributed by atoms with Gasteiger partial charge >= 0.3 is 5.97 Å². The van der Waals surface area contributed by atoms with Gasteiger partial charge in [-0.2, -0.15) is 5.26 Å². The first-order chi connectivity index (χ1) is 17.9. The zero-order valence-corrected chi connectivity index (χ0v) is 20.7. The SMILES string of the molecule is N#Cc1cnc(NC(CCN(CCCCc2ccc3c(n2)NCCC3)CCOCC(F)F)C(=O)O)nc1. The average Bonchev–Trinajstić information content (AvgIpc) is 2.90. The van der Waals surface area contributed by atoms with Crippen molar-refractivity contribution >= 4 is 17.7 Å². The highest BCUT2D eigenvalue weighted by Crippen LogP contribution is 2.20. The maximum absolute atomic E-state index is 12.4. The molecule has 0 aromatic carbocycles. The zero-order chi connectivity index (χ0) is 26.5. The van der Waals surface area contributed by atoms with Crippen molar-refractivity contribution in [3.8, 4) is 6.07 Å². The molecule has 3 N–H and O–H groups in total. The number of aryl methyl sites for hydroxylation is 2. The Morgan fingerprint density at radius 1 is 1.24 bits per heavy atom. The van der Waals surface area contributed by atoms with E-state index < -0.39 is 25.0 Å². The van der Waals surface area contributed by atoms with Crippen LogP contribution in [-0.2, 0) is 22.4 Å². The molecule has 1 aliphatic heterocycles. The number of alkyl halides is 2. The van der Waals surface area contributed by atoms with Crippen LogP contribution in [0.1, 0.15) is 42.5 Å². The van der Waals surface area contributed by atoms with E-state index in [4.69, 9.17) is 15.0 Å². The lowest BCUT2D eigenvalue weighted by Gasteiger charge is -2.24. The van der Waals surface area contributed by atoms with Crippen LogP contribution in [0, 0.1) is 11.3 Å². The molecule has 0 saturated heterocycles. The van der Waals surface area contributed by atoms with Crippen molar-refractivity contribution in [1.29, 1.82) is 5.26 Å². The summed E-state index contributed by atoms with van der Waals surface area (Å²) in [5.41, 5.74) is 2.55. The van der Waals surface area contributed by atoms with Crippen LogP contribution < -0.4 is 10.6 Å². The lowest BCUT2D eigenvalue weighted by molar-refractivity contribution is -0.138. The van der Waals surface area contributed by atoms with Crippen molar-refractivity contribution in [2.45, 2.75) is 51.0 Å². The molecule has 1 unspecified atom stereocenters. The monoisotopic (exact) mass is 517 g/mol. The van der Waals surface area contributed by atoms with E-state index in [9.17, 15) is 18.7 Å². The summed E-state index contributed by atoms with van der Waals surface area (Å²) in [6.45, 7) is 1.94. The quantitative estimate of drug-likeness (QED) is 0.285. The molecule has 10 nitrogen and oxygen atoms in total. The van der Waals surface area contributed by atoms with Crippen molar-refractivity contribution in [2.75, 3.05) is 50.0 Å². The van der Waals surface area contributed by atoms with Gasteiger partial charge in [-0.15, -0.1) is 0 Å². The van der Waals surface area contributed by atoms with Crippen LogP contribution in [0.15, 0.2) is 24.5 Å². The van der Waals surface area contributed by atoms with Crippen LogP contribution >= 0.6 is 0 Å². The highest BCUT2D eigenvalue weighted by molar-refractivity contribution is 5.76. The molecule has 37 heavy (non-hydrogen) atoms. The van der Waals surface area contributed by atoms with E-state index in [1.165, 1.54) is 18.0 Å². The number of carboxylic acid groups (broad SMARTS) is 1. The van der Waals surface area contributed by atoms with Crippen LogP contribution in [-0.4, -0.2) is 82.8 Å². The molecule has 12 heteroatoms. The van der Waals surface area contributed by atoms with E-state index in [0.29, 0.717) is 19.6 Å². The fraction of sp³-hybridized carbons (Fsp3) is 0.560. The van der Waals surface area contributed by atoms with Crippen LogP contribution in [0.4, 0.5) is 20.5 Å². The Balaban J connectivity index is 1.49. The number of fused-ring (bicyclic) bond motifs is 1. The van der Waals surface area contributed by atoms with Gasteiger partial charge in [0, 0.05) is 25.3 Å². The topological polar surface area (TPSA) is 136 Å². The van der Waals surface area contributed by atoms with E-state index >= 15 is 0 Å². The number of nitriles is 1. The Bertz CT molecular complexity index is 1030. The Labute approximate surface area is 215 Å². The van der Waals surface area contributed by atoms with Crippen LogP contribution in [0.25, 0.3) is 0 Å². The third kappa shape index (κ3) is 9.86. The first-order valence-corrected chi connectivity index (χ1v) is 12.5. The standard InChI is InChI=1S/C25H33F2N7O3/c26-22(27)17-37-13-12-34(10-2-1-5-20-7-6-19-4-3-9-29-23(19)32-20)11-8-21(24(35)36)33-25-30-15-18(14-28)16-31-25/h6-7,15-16,21-22H,1-5,8-13,17H2,(H,29,32)(H,35,36)(H,30,31,33). The van der Waals surface area contributed by atoms with Crippen LogP contribution in [0.2, 0.25) is 0 Å². The second-order valence-corrected chi connectivity index (χ2v) is 8.84. The molecule has 3 rings (SSSR count). The number of halogens is 2. The van der Waals surface area contributed by atoms with E-state index in [-0.39, 0.29) is 24.5 Å². The fourth-order valence-corrected chi connectivity index (χ4v) is 4.04. The summed E-state index contributed by atoms with van der Waals surface area (Å²) in [4.78, 5) is 26.5. The van der Waals surface area contributed by atoms with Crippen LogP contribution in [0.5, 0.6) is 0 Å². The predicted octanol–water partition coefficient (Wildman–Crippen LogP) is 2.96. The highest BCUT2D eigenvalue weighted by Gasteiger charge is 2.20. The lowest BCUT2D eigenvalue weighted by Crippen LogP contribution is -2.37. The van der Waals surface area contributed by atoms with Gasteiger partial charge in [0.05, 0.1) is 24.6 Å². The van der Waals surface area contributed by atoms with E-state index in [0.717, 1.165) is 50.2 Å². The number of carbonyl (C=O) groups is 1. The molecule has 0 saturated carbocycles. The summed E-state index contributed by atoms with van der Waals surface area (Å²) in [5, 5.41) is 24.6. The number of aliphatic carboxylic acids is 1. The fourth-order valence-electron chi connectivity index (χ4n) is 4.04. The number of hydrogen-bond acceptors (Lipinski definition) is 9. The van der Waals surface area contributed by atoms with Gasteiger partial charge in [-0.25, -0.2) is 28.5 Å². The van der Waals surface area contributed by atoms with Gasteiger partial charge in [-0.3, -0.25) is 0 Å². The van der Waals surface area contributed by atoms with E-state index in [1.54, 1.807) is 0 Å². The molecule has 3 heterocycles. The molecule has 0 fully saturated rings. The summed E-state index contributed by atoms with van der Waals surface area (Å²) in [6.07, 6.45) is 5.05. The number of carboxylic acids is 1. The van der Waals surface area contributed by atoms with Crippen molar-refractivity contribution in [2.24, 2.45) is 0 Å². The molecule has 1 atom stereocenters. The number of nitrogens with one attached hydrogen (secondary N) is 2. The van der Waals surface area contributed by atoms with Gasteiger partial charge in [-0.05, 0) is 56.7 Å². The summed E-state index contributed by atoms with van der Waals surface area (Å²) < 4.78 is 29.9. The third-order valence-corrected chi connectivity index (χ3v) is 6.02. The summed E-state index contributed by atoms with van der Waals surface area (Å²) in [7, 11) is 0. The molecule has 0 bridgehead atoms. The number of hydrogen-bond donors (Lipinski definition) is 3. The first kappa shape index (κ1) is 28.1. The van der Waals surface area contributed by atoms with Crippen molar-refractivity contribution in [3.05, 3.63) is 41.3 Å². The minimum atomic E-state index is -2.53. The molecule has 0 aliphatic carbocycles. The number of pyridine rings is 1. The van der Waals surface area contributed by atoms with Gasteiger partial charge in [0.2, 0.25) is 5.95 Å². The van der Waals surface area contributed by atoms with Crippen molar-refractivity contribution in [3.63, 3.8) is 0 Å². The summed E-state index contributed by atoms with van der Waals surface area (Å²) in [5.74, 6) is 0.0271. The predicted molar refractivity (Wildman–Crippen MR) is 134 cm³/mol. The highest BCUT2D eigenvalue weighted by atomic mass is 19.3. The van der Waals surface area contributed by atoms with Gasteiger partial charge < -0.3 is 25.4 Å². The molecule has 0 radical (unpaired) electrons. The zero-order valence-electron chi connectivity index (χ0n) is 20.7. The third-order valence-electron chi connectivity index (χ3n) is 6.02. The molecule has 0 amide bonds. The molecule has 200 valence electrons. The maximum atomic E-state index is 12.4. The largest absolute Gasteiger partial charge is 0.480 e. The molecular formula is C25H33F2N7O3. The number of nitrogens with zero attached hydrogens (tertiary/aromatic N) is 5. The average molecular weight is 518 g/mol. The Kier molecular flexibility index (Phi) is 11.4. The van der Waals surface area contributed by atoms with Gasteiger partial charge in [0.15, 0.2) is 0 Å². The molecule has 0 spiro atoms. The first-order valence-electron chi connectivity index (χ1n) is 12.5. The molecule has 2 aromatic rings. The minimum absolute atomic E-state index is 0.116. The Morgan fingerprint density at radius 3 is 2.78 bits per heavy atom. The number of unbranched alkanes of at least 4 members (excludes halogenated alkanes) is 1. The number of aromatic nitrogens is 3. The van der Waals surface area contributed by atoms with Gasteiger partial charge in [0.25, 0.3) is 6.43 Å². The van der Waals surface area contributed by atoms with Crippen LogP contribution in [0.3, 0.4) is 0 Å². The molecular weight excluding hydrogens is 484 g/mol. The second-order valence-electron chi connectivity index (χ2n) is 8.84. The lowest BCUT2D eigenvalue weighted by atomic mass is 10.1. The van der Waals surface area contributed by atoms with Gasteiger partial charge in [0.1, 0.15) is 24.5 Å². The normalized spacial score (nSPS) is 13.6. The van der Waals surface area contributed by atoms with E-state index in [2.05, 4.69) is 32.7 Å². The molecule has 1 aliphatic rings. The number of anilines is 2. The number of ether oxygens (including phenoxy) is 1. The smallest absolute Gasteiger partial charge is 0.326 e. The van der Waals surface area contributed by atoms with Gasteiger partial charge in [-0.1, -0.05) is 6.07 Å². The second kappa shape index (κ2) is 15.0. The number of rotatable bonds is 16. The summed E-state index contributed by atoms with van der Waals surface area (Å²) in [6, 6.07) is 5.15. The molecule has 2 aromatic heterocycles. The minimum Gasteiger partial charge on any atom is -0.480 e. The Morgan fingerprint density at radius 2 is 2.05 bits per heavy atom. The maximum Gasteiger partial charge on any atom is 0.326 e.